The molecule has 0 aliphatic carbocycles. The van der Waals surface area contributed by atoms with Crippen LogP contribution in [0.2, 0.25) is 0 Å². The topological polar surface area (TPSA) is 80.6 Å². The molecule has 1 aromatic heterocycles. The van der Waals surface area contributed by atoms with E-state index in [9.17, 15) is 9.59 Å². The molecule has 0 unspecified atom stereocenters. The van der Waals surface area contributed by atoms with Gasteiger partial charge < -0.3 is 19.8 Å². The smallest absolute Gasteiger partial charge is 0.259 e. The summed E-state index contributed by atoms with van der Waals surface area (Å²) in [4.78, 5) is 24.8. The van der Waals surface area contributed by atoms with Gasteiger partial charge in [0.05, 0.1) is 24.5 Å². The minimum absolute atomic E-state index is 0.0343. The van der Waals surface area contributed by atoms with Gasteiger partial charge in [0.15, 0.2) is 0 Å². The summed E-state index contributed by atoms with van der Waals surface area (Å²) >= 11 is 0. The number of carbonyl (C=O) groups excluding carboxylic acids is 2. The summed E-state index contributed by atoms with van der Waals surface area (Å²) in [5.74, 6) is 0.722. The van der Waals surface area contributed by atoms with Crippen molar-refractivity contribution in [3.05, 3.63) is 83.8 Å². The Morgan fingerprint density at radius 2 is 1.71 bits per heavy atom. The molecule has 0 aliphatic rings. The van der Waals surface area contributed by atoms with Crippen LogP contribution in [0.1, 0.15) is 40.3 Å². The van der Waals surface area contributed by atoms with Gasteiger partial charge in [0.2, 0.25) is 0 Å². The van der Waals surface area contributed by atoms with Crippen molar-refractivity contribution in [3.63, 3.8) is 0 Å². The first-order valence-electron chi connectivity index (χ1n) is 9.00. The molecular formula is C22H22N2O4. The number of furan rings is 1. The third-order valence-electron chi connectivity index (χ3n) is 3.90. The SMILES string of the molecule is CC(C)Oc1ccccc1C(=O)Nc1ccc(C(=O)NCc2ccco2)cc1. The van der Waals surface area contributed by atoms with E-state index in [1.807, 2.05) is 19.9 Å². The van der Waals surface area contributed by atoms with Crippen LogP contribution < -0.4 is 15.4 Å². The Labute approximate surface area is 163 Å². The van der Waals surface area contributed by atoms with Gasteiger partial charge in [-0.25, -0.2) is 0 Å². The van der Waals surface area contributed by atoms with Gasteiger partial charge in [-0.2, -0.15) is 0 Å². The monoisotopic (exact) mass is 378 g/mol. The van der Waals surface area contributed by atoms with E-state index < -0.39 is 0 Å². The second-order valence-corrected chi connectivity index (χ2v) is 6.46. The standard InChI is InChI=1S/C22H22N2O4/c1-15(2)28-20-8-4-3-7-19(20)22(26)24-17-11-9-16(10-12-17)21(25)23-14-18-6-5-13-27-18/h3-13,15H,14H2,1-2H3,(H,23,25)(H,24,26). The Bertz CT molecular complexity index is 931. The number of amides is 2. The summed E-state index contributed by atoms with van der Waals surface area (Å²) in [5, 5.41) is 5.60. The molecule has 6 heteroatoms. The Morgan fingerprint density at radius 3 is 2.39 bits per heavy atom. The van der Waals surface area contributed by atoms with Crippen LogP contribution in [0.5, 0.6) is 5.75 Å². The van der Waals surface area contributed by atoms with Gasteiger partial charge in [-0.3, -0.25) is 9.59 Å². The Balaban J connectivity index is 1.62. The molecule has 1 heterocycles. The average Bonchev–Trinajstić information content (AvgIpc) is 3.20. The fourth-order valence-corrected chi connectivity index (χ4v) is 2.60. The zero-order valence-electron chi connectivity index (χ0n) is 15.8. The van der Waals surface area contributed by atoms with Gasteiger partial charge in [-0.05, 0) is 62.4 Å². The number of rotatable bonds is 7. The summed E-state index contributed by atoms with van der Waals surface area (Å²) in [6.45, 7) is 4.13. The van der Waals surface area contributed by atoms with Crippen LogP contribution in [0, 0.1) is 0 Å². The van der Waals surface area contributed by atoms with Crippen molar-refractivity contribution < 1.29 is 18.7 Å². The molecule has 28 heavy (non-hydrogen) atoms. The number of ether oxygens (including phenoxy) is 1. The predicted octanol–water partition coefficient (Wildman–Crippen LogP) is 4.25. The minimum atomic E-state index is -0.272. The van der Waals surface area contributed by atoms with Crippen LogP contribution in [0.25, 0.3) is 0 Å². The fraction of sp³-hybridized carbons (Fsp3) is 0.182. The van der Waals surface area contributed by atoms with Crippen molar-refractivity contribution in [2.45, 2.75) is 26.5 Å². The van der Waals surface area contributed by atoms with Crippen molar-refractivity contribution in [1.29, 1.82) is 0 Å². The molecule has 0 aliphatic heterocycles. The van der Waals surface area contributed by atoms with E-state index in [0.717, 1.165) is 0 Å². The van der Waals surface area contributed by atoms with Crippen molar-refractivity contribution in [2.75, 3.05) is 5.32 Å². The second kappa shape index (κ2) is 8.90. The highest BCUT2D eigenvalue weighted by molar-refractivity contribution is 6.06. The lowest BCUT2D eigenvalue weighted by Gasteiger charge is -2.14. The quantitative estimate of drug-likeness (QED) is 0.644. The number of hydrogen-bond donors (Lipinski definition) is 2. The van der Waals surface area contributed by atoms with E-state index in [4.69, 9.17) is 9.15 Å². The first kappa shape index (κ1) is 19.2. The predicted molar refractivity (Wildman–Crippen MR) is 106 cm³/mol. The number of benzene rings is 2. The molecular weight excluding hydrogens is 356 g/mol. The maximum absolute atomic E-state index is 12.6. The van der Waals surface area contributed by atoms with Crippen LogP contribution in [-0.4, -0.2) is 17.9 Å². The number of carbonyl (C=O) groups is 2. The number of hydrogen-bond acceptors (Lipinski definition) is 4. The molecule has 0 atom stereocenters. The molecule has 0 saturated heterocycles. The van der Waals surface area contributed by atoms with E-state index in [-0.39, 0.29) is 17.9 Å². The van der Waals surface area contributed by atoms with Gasteiger partial charge in [0.25, 0.3) is 11.8 Å². The second-order valence-electron chi connectivity index (χ2n) is 6.46. The van der Waals surface area contributed by atoms with Gasteiger partial charge in [-0.1, -0.05) is 12.1 Å². The Hall–Kier alpha value is -3.54. The zero-order valence-corrected chi connectivity index (χ0v) is 15.8. The zero-order chi connectivity index (χ0) is 19.9. The van der Waals surface area contributed by atoms with Crippen molar-refractivity contribution in [1.82, 2.24) is 5.32 Å². The number of anilines is 1. The minimum Gasteiger partial charge on any atom is -0.490 e. The molecule has 0 saturated carbocycles. The van der Waals surface area contributed by atoms with Gasteiger partial charge >= 0.3 is 0 Å². The normalized spacial score (nSPS) is 10.5. The third kappa shape index (κ3) is 5.01. The van der Waals surface area contributed by atoms with Gasteiger partial charge in [0, 0.05) is 11.3 Å². The lowest BCUT2D eigenvalue weighted by molar-refractivity contribution is 0.0947. The molecule has 0 radical (unpaired) electrons. The summed E-state index contributed by atoms with van der Waals surface area (Å²) in [6.07, 6.45) is 1.52. The molecule has 2 N–H and O–H groups in total. The summed E-state index contributed by atoms with van der Waals surface area (Å²) in [5.41, 5.74) is 1.54. The first-order chi connectivity index (χ1) is 13.5. The van der Waals surface area contributed by atoms with E-state index in [2.05, 4.69) is 10.6 Å². The Morgan fingerprint density at radius 1 is 0.964 bits per heavy atom. The van der Waals surface area contributed by atoms with Crippen LogP contribution in [-0.2, 0) is 6.54 Å². The van der Waals surface area contributed by atoms with Crippen molar-refractivity contribution >= 4 is 17.5 Å². The number of para-hydroxylation sites is 1. The van der Waals surface area contributed by atoms with Crippen molar-refractivity contribution in [2.24, 2.45) is 0 Å². The molecule has 3 aromatic rings. The van der Waals surface area contributed by atoms with Crippen LogP contribution in [0.4, 0.5) is 5.69 Å². The summed E-state index contributed by atoms with van der Waals surface area (Å²) < 4.78 is 10.9. The molecule has 6 nitrogen and oxygen atoms in total. The van der Waals surface area contributed by atoms with Crippen LogP contribution in [0.3, 0.4) is 0 Å². The fourth-order valence-electron chi connectivity index (χ4n) is 2.60. The molecule has 0 bridgehead atoms. The summed E-state index contributed by atoms with van der Waals surface area (Å²) in [6, 6.07) is 17.3. The van der Waals surface area contributed by atoms with Gasteiger partial charge in [0.1, 0.15) is 11.5 Å². The van der Waals surface area contributed by atoms with E-state index in [1.54, 1.807) is 60.9 Å². The van der Waals surface area contributed by atoms with E-state index in [1.165, 1.54) is 0 Å². The lowest BCUT2D eigenvalue weighted by atomic mass is 10.1. The van der Waals surface area contributed by atoms with E-state index in [0.29, 0.717) is 34.9 Å². The summed E-state index contributed by atoms with van der Waals surface area (Å²) in [7, 11) is 0. The largest absolute Gasteiger partial charge is 0.490 e. The maximum Gasteiger partial charge on any atom is 0.259 e. The first-order valence-corrected chi connectivity index (χ1v) is 9.00. The molecule has 0 fully saturated rings. The highest BCUT2D eigenvalue weighted by atomic mass is 16.5. The average molecular weight is 378 g/mol. The third-order valence-corrected chi connectivity index (χ3v) is 3.90. The maximum atomic E-state index is 12.6. The Kier molecular flexibility index (Phi) is 6.11. The highest BCUT2D eigenvalue weighted by Crippen LogP contribution is 2.21. The molecule has 2 amide bonds. The lowest BCUT2D eigenvalue weighted by Crippen LogP contribution is -2.22. The highest BCUT2D eigenvalue weighted by Gasteiger charge is 2.14. The van der Waals surface area contributed by atoms with Crippen LogP contribution >= 0.6 is 0 Å². The molecule has 0 spiro atoms. The van der Waals surface area contributed by atoms with Crippen LogP contribution in [0.15, 0.2) is 71.3 Å². The van der Waals surface area contributed by atoms with E-state index >= 15 is 0 Å². The molecule has 3 rings (SSSR count). The molecule has 2 aromatic carbocycles. The van der Waals surface area contributed by atoms with Crippen molar-refractivity contribution in [3.8, 4) is 5.75 Å². The molecule has 144 valence electrons. The van der Waals surface area contributed by atoms with Gasteiger partial charge in [-0.15, -0.1) is 0 Å². The number of nitrogens with one attached hydrogen (secondary N) is 2.